The molecule has 1 amide bonds. The van der Waals surface area contributed by atoms with E-state index in [2.05, 4.69) is 10.1 Å². The normalized spacial score (nSPS) is 12.1. The second-order valence-corrected chi connectivity index (χ2v) is 4.30. The van der Waals surface area contributed by atoms with Gasteiger partial charge in [-0.2, -0.15) is 5.26 Å². The highest BCUT2D eigenvalue weighted by Crippen LogP contribution is 2.27. The van der Waals surface area contributed by atoms with Crippen molar-refractivity contribution in [2.45, 2.75) is 19.2 Å². The SMILES string of the molecule is CNC(=O)[C@@H](C#N)C(=O)CCc1ccccc1OC(F)(F)F. The minimum atomic E-state index is -4.84. The smallest absolute Gasteiger partial charge is 0.406 e. The van der Waals surface area contributed by atoms with E-state index >= 15 is 0 Å². The summed E-state index contributed by atoms with van der Waals surface area (Å²) in [4.78, 5) is 23.1. The summed E-state index contributed by atoms with van der Waals surface area (Å²) in [5.74, 6) is -3.28. The Morgan fingerprint density at radius 1 is 1.36 bits per heavy atom. The zero-order chi connectivity index (χ0) is 16.8. The lowest BCUT2D eigenvalue weighted by molar-refractivity contribution is -0.274. The lowest BCUT2D eigenvalue weighted by Gasteiger charge is -2.13. The van der Waals surface area contributed by atoms with Crippen LogP contribution in [0.4, 0.5) is 13.2 Å². The number of amides is 1. The molecule has 0 aliphatic rings. The number of nitriles is 1. The van der Waals surface area contributed by atoms with Crippen LogP contribution in [0.1, 0.15) is 12.0 Å². The fourth-order valence-corrected chi connectivity index (χ4v) is 1.76. The maximum absolute atomic E-state index is 12.3. The number of benzene rings is 1. The average Bonchev–Trinajstić information content (AvgIpc) is 2.45. The summed E-state index contributed by atoms with van der Waals surface area (Å²) in [5, 5.41) is 11.0. The Bertz CT molecular complexity index is 594. The highest BCUT2D eigenvalue weighted by atomic mass is 19.4. The summed E-state index contributed by atoms with van der Waals surface area (Å²) in [6.45, 7) is 0. The molecule has 1 N–H and O–H groups in total. The summed E-state index contributed by atoms with van der Waals surface area (Å²) in [6.07, 6.45) is -5.15. The third-order valence-electron chi connectivity index (χ3n) is 2.80. The molecule has 8 heteroatoms. The Hall–Kier alpha value is -2.56. The van der Waals surface area contributed by atoms with E-state index in [1.165, 1.54) is 25.2 Å². The van der Waals surface area contributed by atoms with Crippen molar-refractivity contribution < 1.29 is 27.5 Å². The number of aryl methyl sites for hydroxylation is 1. The van der Waals surface area contributed by atoms with Crippen LogP contribution < -0.4 is 10.1 Å². The third-order valence-corrected chi connectivity index (χ3v) is 2.80. The van der Waals surface area contributed by atoms with E-state index < -0.39 is 29.7 Å². The maximum atomic E-state index is 12.3. The number of hydrogen-bond donors (Lipinski definition) is 1. The fraction of sp³-hybridized carbons (Fsp3) is 0.357. The van der Waals surface area contributed by atoms with Crippen LogP contribution in [0.2, 0.25) is 0 Å². The summed E-state index contributed by atoms with van der Waals surface area (Å²) in [5.41, 5.74) is 0.168. The Morgan fingerprint density at radius 3 is 2.55 bits per heavy atom. The number of Topliss-reactive ketones (excluding diaryl/α,β-unsaturated/α-hetero) is 1. The number of nitrogens with one attached hydrogen (secondary N) is 1. The first kappa shape index (κ1) is 17.5. The zero-order valence-electron chi connectivity index (χ0n) is 11.6. The van der Waals surface area contributed by atoms with Gasteiger partial charge >= 0.3 is 6.36 Å². The molecule has 0 saturated heterocycles. The van der Waals surface area contributed by atoms with E-state index in [9.17, 15) is 22.8 Å². The summed E-state index contributed by atoms with van der Waals surface area (Å²) in [6, 6.07) is 6.96. The molecule has 0 radical (unpaired) electrons. The van der Waals surface area contributed by atoms with E-state index in [4.69, 9.17) is 5.26 Å². The third kappa shape index (κ3) is 5.09. The molecule has 1 aromatic carbocycles. The fourth-order valence-electron chi connectivity index (χ4n) is 1.76. The van der Waals surface area contributed by atoms with E-state index in [0.29, 0.717) is 0 Å². The number of carbonyl (C=O) groups is 2. The molecule has 0 heterocycles. The highest BCUT2D eigenvalue weighted by Gasteiger charge is 2.32. The monoisotopic (exact) mass is 314 g/mol. The number of alkyl halides is 3. The molecule has 1 atom stereocenters. The minimum absolute atomic E-state index is 0.0692. The van der Waals surface area contributed by atoms with Gasteiger partial charge in [0.05, 0.1) is 6.07 Å². The van der Waals surface area contributed by atoms with E-state index in [1.54, 1.807) is 6.07 Å². The molecule has 0 aliphatic heterocycles. The Morgan fingerprint density at radius 2 is 2.00 bits per heavy atom. The Kier molecular flexibility index (Phi) is 5.92. The van der Waals surface area contributed by atoms with Crippen LogP contribution >= 0.6 is 0 Å². The standard InChI is InChI=1S/C14H13F3N2O3/c1-19-13(21)10(8-18)11(20)7-6-9-4-2-3-5-12(9)22-14(15,16)17/h2-5,10H,6-7H2,1H3,(H,19,21)/t10-/m0/s1. The summed E-state index contributed by atoms with van der Waals surface area (Å²) < 4.78 is 40.7. The molecule has 1 rings (SSSR count). The van der Waals surface area contributed by atoms with Crippen molar-refractivity contribution in [3.8, 4) is 11.8 Å². The van der Waals surface area contributed by atoms with Crippen molar-refractivity contribution >= 4 is 11.7 Å². The summed E-state index contributed by atoms with van der Waals surface area (Å²) >= 11 is 0. The van der Waals surface area contributed by atoms with Gasteiger partial charge in [0, 0.05) is 13.5 Å². The van der Waals surface area contributed by atoms with Gasteiger partial charge in [0.1, 0.15) is 5.75 Å². The van der Waals surface area contributed by atoms with Crippen molar-refractivity contribution in [3.05, 3.63) is 29.8 Å². The van der Waals surface area contributed by atoms with Gasteiger partial charge in [-0.15, -0.1) is 13.2 Å². The molecule has 0 aromatic heterocycles. The number of halogens is 3. The van der Waals surface area contributed by atoms with E-state index in [1.807, 2.05) is 0 Å². The van der Waals surface area contributed by atoms with Crippen LogP contribution in [-0.2, 0) is 16.0 Å². The van der Waals surface area contributed by atoms with Gasteiger partial charge in [0.15, 0.2) is 11.7 Å². The van der Waals surface area contributed by atoms with Gasteiger partial charge in [-0.25, -0.2) is 0 Å². The van der Waals surface area contributed by atoms with Gasteiger partial charge in [-0.1, -0.05) is 18.2 Å². The predicted octanol–water partition coefficient (Wildman–Crippen LogP) is 1.97. The minimum Gasteiger partial charge on any atom is -0.406 e. The molecular formula is C14H13F3N2O3. The molecular weight excluding hydrogens is 301 g/mol. The molecule has 1 aromatic rings. The second-order valence-electron chi connectivity index (χ2n) is 4.30. The number of carbonyl (C=O) groups excluding carboxylic acids is 2. The molecule has 5 nitrogen and oxygen atoms in total. The van der Waals surface area contributed by atoms with Crippen molar-refractivity contribution in [1.82, 2.24) is 5.32 Å². The van der Waals surface area contributed by atoms with Crippen molar-refractivity contribution in [3.63, 3.8) is 0 Å². The highest BCUT2D eigenvalue weighted by molar-refractivity contribution is 6.03. The van der Waals surface area contributed by atoms with Gasteiger partial charge in [-0.05, 0) is 18.1 Å². The number of para-hydroxylation sites is 1. The molecule has 118 valence electrons. The number of ketones is 1. The molecule has 0 fully saturated rings. The van der Waals surface area contributed by atoms with Crippen LogP contribution in [0.25, 0.3) is 0 Å². The van der Waals surface area contributed by atoms with Crippen molar-refractivity contribution in [1.29, 1.82) is 5.26 Å². The molecule has 22 heavy (non-hydrogen) atoms. The summed E-state index contributed by atoms with van der Waals surface area (Å²) in [7, 11) is 1.28. The Balaban J connectivity index is 2.78. The van der Waals surface area contributed by atoms with Crippen LogP contribution in [0.3, 0.4) is 0 Å². The number of hydrogen-bond acceptors (Lipinski definition) is 4. The average molecular weight is 314 g/mol. The second kappa shape index (κ2) is 7.45. The van der Waals surface area contributed by atoms with Crippen LogP contribution in [-0.4, -0.2) is 25.1 Å². The van der Waals surface area contributed by atoms with Gasteiger partial charge < -0.3 is 10.1 Å². The van der Waals surface area contributed by atoms with Gasteiger partial charge in [0.25, 0.3) is 0 Å². The molecule has 0 bridgehead atoms. The van der Waals surface area contributed by atoms with Gasteiger partial charge in [0.2, 0.25) is 5.91 Å². The first-order chi connectivity index (χ1) is 10.3. The molecule has 0 saturated carbocycles. The number of ether oxygens (including phenoxy) is 1. The lowest BCUT2D eigenvalue weighted by Crippen LogP contribution is -2.32. The van der Waals surface area contributed by atoms with Crippen molar-refractivity contribution in [2.24, 2.45) is 5.92 Å². The number of nitrogens with zero attached hydrogens (tertiary/aromatic N) is 1. The van der Waals surface area contributed by atoms with Crippen molar-refractivity contribution in [2.75, 3.05) is 7.05 Å². The molecule has 0 spiro atoms. The zero-order valence-corrected chi connectivity index (χ0v) is 11.6. The van der Waals surface area contributed by atoms with Crippen LogP contribution in [0, 0.1) is 17.2 Å². The first-order valence-corrected chi connectivity index (χ1v) is 6.26. The van der Waals surface area contributed by atoms with Crippen LogP contribution in [0.5, 0.6) is 5.75 Å². The van der Waals surface area contributed by atoms with Crippen LogP contribution in [0.15, 0.2) is 24.3 Å². The van der Waals surface area contributed by atoms with E-state index in [0.717, 1.165) is 6.07 Å². The number of rotatable bonds is 6. The first-order valence-electron chi connectivity index (χ1n) is 6.26. The lowest BCUT2D eigenvalue weighted by atomic mass is 9.98. The maximum Gasteiger partial charge on any atom is 0.573 e. The quantitative estimate of drug-likeness (QED) is 0.814. The molecule has 0 aliphatic carbocycles. The van der Waals surface area contributed by atoms with E-state index in [-0.39, 0.29) is 18.4 Å². The predicted molar refractivity (Wildman–Crippen MR) is 69.6 cm³/mol. The molecule has 0 unspecified atom stereocenters. The topological polar surface area (TPSA) is 79.2 Å². The Labute approximate surface area is 124 Å². The van der Waals surface area contributed by atoms with Gasteiger partial charge in [-0.3, -0.25) is 9.59 Å². The largest absolute Gasteiger partial charge is 0.573 e.